The Morgan fingerprint density at radius 3 is 2.62 bits per heavy atom. The summed E-state index contributed by atoms with van der Waals surface area (Å²) in [5.74, 6) is -1.19. The van der Waals surface area contributed by atoms with Gasteiger partial charge in [0.1, 0.15) is 0 Å². The molecule has 7 heteroatoms. The molecule has 2 aromatic carbocycles. The van der Waals surface area contributed by atoms with E-state index in [0.717, 1.165) is 18.4 Å². The molecule has 2 aromatic rings. The van der Waals surface area contributed by atoms with E-state index < -0.39 is 17.5 Å². The number of likely N-dealkylation sites (tertiary alicyclic amines) is 1. The monoisotopic (exact) mass is 412 g/mol. The molecule has 2 aliphatic rings. The molecule has 2 aliphatic heterocycles. The summed E-state index contributed by atoms with van der Waals surface area (Å²) in [6.07, 6.45) is 2.18. The fraction of sp³-hybridized carbons (Fsp3) is 0.318. The molecule has 2 heterocycles. The number of halogens is 1. The molecular weight excluding hydrogens is 392 g/mol. The van der Waals surface area contributed by atoms with Crippen LogP contribution in [0.5, 0.6) is 0 Å². The Balaban J connectivity index is 1.61. The highest BCUT2D eigenvalue weighted by atomic mass is 35.5. The number of nitrogens with one attached hydrogen (secondary N) is 1. The maximum absolute atomic E-state index is 13.1. The summed E-state index contributed by atoms with van der Waals surface area (Å²) in [7, 11) is 0. The summed E-state index contributed by atoms with van der Waals surface area (Å²) in [5, 5.41) is 3.17. The molecule has 0 aliphatic carbocycles. The van der Waals surface area contributed by atoms with Crippen molar-refractivity contribution >= 4 is 35.1 Å². The highest BCUT2D eigenvalue weighted by molar-refractivity contribution is 6.31. The Labute approximate surface area is 173 Å². The lowest BCUT2D eigenvalue weighted by atomic mass is 9.89. The molecule has 150 valence electrons. The van der Waals surface area contributed by atoms with E-state index in [4.69, 9.17) is 16.3 Å². The molecule has 0 radical (unpaired) electrons. The highest BCUT2D eigenvalue weighted by Gasteiger charge is 2.43. The Morgan fingerprint density at radius 1 is 1.14 bits per heavy atom. The fourth-order valence-corrected chi connectivity index (χ4v) is 3.98. The van der Waals surface area contributed by atoms with Crippen LogP contribution in [0.4, 0.5) is 5.69 Å². The lowest BCUT2D eigenvalue weighted by Crippen LogP contribution is -2.49. The Morgan fingerprint density at radius 2 is 1.86 bits per heavy atom. The van der Waals surface area contributed by atoms with Gasteiger partial charge < -0.3 is 15.0 Å². The summed E-state index contributed by atoms with van der Waals surface area (Å²) in [6.45, 7) is 2.96. The van der Waals surface area contributed by atoms with E-state index in [-0.39, 0.29) is 12.3 Å². The van der Waals surface area contributed by atoms with Crippen LogP contribution in [0.2, 0.25) is 5.02 Å². The van der Waals surface area contributed by atoms with Gasteiger partial charge in [0.25, 0.3) is 11.8 Å². The molecule has 0 spiro atoms. The van der Waals surface area contributed by atoms with Gasteiger partial charge in [-0.1, -0.05) is 29.8 Å². The van der Waals surface area contributed by atoms with E-state index in [0.29, 0.717) is 34.9 Å². The van der Waals surface area contributed by atoms with Crippen molar-refractivity contribution in [3.05, 3.63) is 64.2 Å². The predicted octanol–water partition coefficient (Wildman–Crippen LogP) is 3.69. The number of amides is 2. The van der Waals surface area contributed by atoms with Crippen molar-refractivity contribution in [2.24, 2.45) is 0 Å². The van der Waals surface area contributed by atoms with Crippen molar-refractivity contribution in [2.45, 2.75) is 31.8 Å². The molecule has 1 N–H and O–H groups in total. The van der Waals surface area contributed by atoms with Crippen molar-refractivity contribution in [1.82, 2.24) is 4.90 Å². The van der Waals surface area contributed by atoms with Crippen LogP contribution in [0.1, 0.15) is 46.0 Å². The fourth-order valence-electron chi connectivity index (χ4n) is 3.81. The number of fused-ring (bicyclic) bond motifs is 1. The minimum absolute atomic E-state index is 0.148. The van der Waals surface area contributed by atoms with Crippen molar-refractivity contribution in [3.63, 3.8) is 0 Å². The van der Waals surface area contributed by atoms with Gasteiger partial charge in [0, 0.05) is 24.5 Å². The van der Waals surface area contributed by atoms with Gasteiger partial charge in [0.15, 0.2) is 5.60 Å². The lowest BCUT2D eigenvalue weighted by Gasteiger charge is -2.33. The van der Waals surface area contributed by atoms with Crippen LogP contribution in [-0.4, -0.2) is 41.4 Å². The maximum atomic E-state index is 13.1. The van der Waals surface area contributed by atoms with E-state index >= 15 is 0 Å². The van der Waals surface area contributed by atoms with E-state index in [1.54, 1.807) is 42.2 Å². The van der Waals surface area contributed by atoms with Crippen LogP contribution in [0.15, 0.2) is 42.5 Å². The molecule has 1 saturated heterocycles. The number of ether oxygens (including phenoxy) is 1. The van der Waals surface area contributed by atoms with Crippen molar-refractivity contribution in [1.29, 1.82) is 0 Å². The zero-order chi connectivity index (χ0) is 20.6. The molecule has 4 rings (SSSR count). The van der Waals surface area contributed by atoms with Crippen LogP contribution in [0, 0.1) is 0 Å². The van der Waals surface area contributed by atoms with Crippen LogP contribution < -0.4 is 5.32 Å². The molecule has 0 aromatic heterocycles. The largest absolute Gasteiger partial charge is 0.445 e. The van der Waals surface area contributed by atoms with Crippen molar-refractivity contribution < 1.29 is 19.1 Å². The number of hydrogen-bond acceptors (Lipinski definition) is 4. The van der Waals surface area contributed by atoms with Crippen molar-refractivity contribution in [3.8, 4) is 0 Å². The van der Waals surface area contributed by atoms with Crippen LogP contribution in [0.3, 0.4) is 0 Å². The van der Waals surface area contributed by atoms with E-state index in [2.05, 4.69) is 5.32 Å². The van der Waals surface area contributed by atoms with E-state index in [9.17, 15) is 14.4 Å². The lowest BCUT2D eigenvalue weighted by molar-refractivity contribution is -0.134. The van der Waals surface area contributed by atoms with Gasteiger partial charge in [-0.2, -0.15) is 0 Å². The summed E-state index contributed by atoms with van der Waals surface area (Å²) in [4.78, 5) is 40.1. The number of hydrogen-bond donors (Lipinski definition) is 1. The Bertz CT molecular complexity index is 1000. The average Bonchev–Trinajstić information content (AvgIpc) is 3.22. The Hall–Kier alpha value is -2.86. The van der Waals surface area contributed by atoms with Gasteiger partial charge in [0.05, 0.1) is 16.8 Å². The first kappa shape index (κ1) is 19.5. The number of cyclic esters (lactones) is 1. The minimum atomic E-state index is -1.39. The molecule has 29 heavy (non-hydrogen) atoms. The van der Waals surface area contributed by atoms with Crippen molar-refractivity contribution in [2.75, 3.05) is 18.4 Å². The number of anilines is 1. The average molecular weight is 413 g/mol. The first-order valence-electron chi connectivity index (χ1n) is 9.59. The smallest absolute Gasteiger partial charge is 0.339 e. The third-order valence-electron chi connectivity index (χ3n) is 5.42. The van der Waals surface area contributed by atoms with Gasteiger partial charge in [-0.05, 0) is 49.6 Å². The number of esters is 1. The molecular formula is C22H21ClN2O4. The number of rotatable bonds is 3. The number of benzene rings is 2. The van der Waals surface area contributed by atoms with Crippen LogP contribution >= 0.6 is 11.6 Å². The molecule has 1 fully saturated rings. The maximum Gasteiger partial charge on any atom is 0.339 e. The molecule has 2 amide bonds. The van der Waals surface area contributed by atoms with Gasteiger partial charge in [-0.15, -0.1) is 0 Å². The third-order valence-corrected chi connectivity index (χ3v) is 5.65. The summed E-state index contributed by atoms with van der Waals surface area (Å²) in [5.41, 5.74) is 0.513. The first-order chi connectivity index (χ1) is 13.9. The molecule has 0 bridgehead atoms. The standard InChI is InChI=1S/C22H21ClN2O4/c1-22(13-14-6-2-3-7-16(14)20(27)29-22)21(28)24-18-12-15(23)8-9-17(18)19(26)25-10-4-5-11-25/h2-3,6-9,12H,4-5,10-11,13H2,1H3,(H,24,28). The van der Waals surface area contributed by atoms with Gasteiger partial charge in [-0.3, -0.25) is 9.59 Å². The summed E-state index contributed by atoms with van der Waals surface area (Å²) >= 11 is 6.11. The first-order valence-corrected chi connectivity index (χ1v) is 9.97. The predicted molar refractivity (Wildman–Crippen MR) is 109 cm³/mol. The number of carbonyl (C=O) groups excluding carboxylic acids is 3. The quantitative estimate of drug-likeness (QED) is 0.780. The third kappa shape index (κ3) is 3.72. The minimum Gasteiger partial charge on any atom is -0.445 e. The zero-order valence-electron chi connectivity index (χ0n) is 16.0. The molecule has 1 atom stereocenters. The number of carbonyl (C=O) groups is 3. The van der Waals surface area contributed by atoms with Gasteiger partial charge in [0.2, 0.25) is 0 Å². The normalized spacial score (nSPS) is 20.8. The summed E-state index contributed by atoms with van der Waals surface area (Å²) < 4.78 is 5.49. The Kier molecular flexibility index (Phi) is 5.04. The second-order valence-corrected chi connectivity index (χ2v) is 8.03. The topological polar surface area (TPSA) is 75.7 Å². The zero-order valence-corrected chi connectivity index (χ0v) is 16.8. The number of nitrogens with zero attached hydrogens (tertiary/aromatic N) is 1. The van der Waals surface area contributed by atoms with Crippen LogP contribution in [-0.2, 0) is 16.0 Å². The molecule has 0 saturated carbocycles. The van der Waals surface area contributed by atoms with E-state index in [1.165, 1.54) is 0 Å². The molecule has 1 unspecified atom stereocenters. The highest BCUT2D eigenvalue weighted by Crippen LogP contribution is 2.31. The van der Waals surface area contributed by atoms with Crippen LogP contribution in [0.25, 0.3) is 0 Å². The molecule has 6 nitrogen and oxygen atoms in total. The van der Waals surface area contributed by atoms with E-state index in [1.807, 2.05) is 12.1 Å². The van der Waals surface area contributed by atoms with Gasteiger partial charge in [-0.25, -0.2) is 4.79 Å². The SMILES string of the molecule is CC1(C(=O)Nc2cc(Cl)ccc2C(=O)N2CCCC2)Cc2ccccc2C(=O)O1. The van der Waals surface area contributed by atoms with Gasteiger partial charge >= 0.3 is 5.97 Å². The second kappa shape index (κ2) is 7.52. The summed E-state index contributed by atoms with van der Waals surface area (Å²) in [6, 6.07) is 11.8. The second-order valence-electron chi connectivity index (χ2n) is 7.60.